The molecule has 0 atom stereocenters. The molecule has 2 aromatic rings. The van der Waals surface area contributed by atoms with Gasteiger partial charge >= 0.3 is 0 Å². The van der Waals surface area contributed by atoms with Gasteiger partial charge < -0.3 is 4.57 Å². The van der Waals surface area contributed by atoms with Gasteiger partial charge in [-0.05, 0) is 64.4 Å². The maximum absolute atomic E-state index is 2.59. The Morgan fingerprint density at radius 1 is 1.16 bits per heavy atom. The van der Waals surface area contributed by atoms with Crippen LogP contribution in [0.15, 0.2) is 24.4 Å². The fraction of sp³-hybridized carbons (Fsp3) is 0.529. The van der Waals surface area contributed by atoms with E-state index in [1.165, 1.54) is 48.0 Å². The fourth-order valence-electron chi connectivity index (χ4n) is 3.17. The Hall–Kier alpha value is -1.28. The zero-order valence-electron chi connectivity index (χ0n) is 12.3. The van der Waals surface area contributed by atoms with Crippen LogP contribution in [0.5, 0.6) is 0 Å². The van der Waals surface area contributed by atoms with Gasteiger partial charge in [0.2, 0.25) is 0 Å². The Labute approximate surface area is 116 Å². The fourth-order valence-corrected chi connectivity index (χ4v) is 3.17. The van der Waals surface area contributed by atoms with E-state index >= 15 is 0 Å². The van der Waals surface area contributed by atoms with Crippen molar-refractivity contribution < 1.29 is 0 Å². The average Bonchev–Trinajstić information content (AvgIpc) is 2.98. The summed E-state index contributed by atoms with van der Waals surface area (Å²) in [5, 5.41) is 1.44. The Morgan fingerprint density at radius 2 is 1.89 bits per heavy atom. The third kappa shape index (κ3) is 2.42. The van der Waals surface area contributed by atoms with Crippen LogP contribution in [0, 0.1) is 6.92 Å². The molecular weight excluding hydrogens is 232 g/mol. The topological polar surface area (TPSA) is 8.17 Å². The Bertz CT molecular complexity index is 574. The van der Waals surface area contributed by atoms with E-state index in [4.69, 9.17) is 0 Å². The van der Waals surface area contributed by atoms with Crippen molar-refractivity contribution in [2.45, 2.75) is 46.2 Å². The van der Waals surface area contributed by atoms with E-state index in [1.807, 2.05) is 0 Å². The van der Waals surface area contributed by atoms with Gasteiger partial charge in [0.05, 0.1) is 0 Å². The van der Waals surface area contributed by atoms with Gasteiger partial charge in [0, 0.05) is 29.7 Å². The van der Waals surface area contributed by atoms with Crippen molar-refractivity contribution in [3.05, 3.63) is 35.5 Å². The van der Waals surface area contributed by atoms with Gasteiger partial charge in [-0.3, -0.25) is 4.90 Å². The molecule has 2 nitrogen and oxygen atoms in total. The summed E-state index contributed by atoms with van der Waals surface area (Å²) in [6.07, 6.45) is 5.09. The summed E-state index contributed by atoms with van der Waals surface area (Å²) in [6.45, 7) is 10.4. The summed E-state index contributed by atoms with van der Waals surface area (Å²) in [7, 11) is 0. The predicted octanol–water partition coefficient (Wildman–Crippen LogP) is 4.13. The van der Waals surface area contributed by atoms with Crippen LogP contribution in [0.25, 0.3) is 10.9 Å². The number of hydrogen-bond donors (Lipinski definition) is 0. The SMILES string of the molecule is Cc1ccc2c(c1)c(CN1CCCC1)cn2C(C)C. The molecular formula is C17H24N2. The van der Waals surface area contributed by atoms with Crippen LogP contribution >= 0.6 is 0 Å². The minimum Gasteiger partial charge on any atom is -0.345 e. The molecule has 19 heavy (non-hydrogen) atoms. The lowest BCUT2D eigenvalue weighted by atomic mass is 10.1. The van der Waals surface area contributed by atoms with Gasteiger partial charge in [0.1, 0.15) is 0 Å². The van der Waals surface area contributed by atoms with Gasteiger partial charge in [-0.1, -0.05) is 11.6 Å². The zero-order valence-corrected chi connectivity index (χ0v) is 12.3. The van der Waals surface area contributed by atoms with Gasteiger partial charge in [-0.15, -0.1) is 0 Å². The van der Waals surface area contributed by atoms with Crippen LogP contribution in [0.4, 0.5) is 0 Å². The molecule has 2 heterocycles. The Balaban J connectivity index is 2.04. The van der Waals surface area contributed by atoms with Gasteiger partial charge in [-0.2, -0.15) is 0 Å². The van der Waals surface area contributed by atoms with Crippen LogP contribution in [0.3, 0.4) is 0 Å². The minimum atomic E-state index is 0.525. The second-order valence-corrected chi connectivity index (χ2v) is 6.16. The quantitative estimate of drug-likeness (QED) is 0.801. The normalized spacial score (nSPS) is 16.8. The molecule has 1 aromatic heterocycles. The third-order valence-electron chi connectivity index (χ3n) is 4.22. The molecule has 3 rings (SSSR count). The molecule has 1 saturated heterocycles. The maximum Gasteiger partial charge on any atom is 0.0486 e. The van der Waals surface area contributed by atoms with Crippen LogP contribution in [0.2, 0.25) is 0 Å². The Kier molecular flexibility index (Phi) is 3.36. The highest BCUT2D eigenvalue weighted by atomic mass is 15.1. The van der Waals surface area contributed by atoms with E-state index in [1.54, 1.807) is 0 Å². The van der Waals surface area contributed by atoms with Crippen molar-refractivity contribution in [3.8, 4) is 0 Å². The summed E-state index contributed by atoms with van der Waals surface area (Å²) in [5.74, 6) is 0. The van der Waals surface area contributed by atoms with Crippen LogP contribution in [0.1, 0.15) is 43.9 Å². The molecule has 0 amide bonds. The largest absolute Gasteiger partial charge is 0.345 e. The number of likely N-dealkylation sites (tertiary alicyclic amines) is 1. The van der Waals surface area contributed by atoms with Crippen molar-refractivity contribution >= 4 is 10.9 Å². The number of fused-ring (bicyclic) bond motifs is 1. The second kappa shape index (κ2) is 5.01. The first-order valence-corrected chi connectivity index (χ1v) is 7.47. The first-order chi connectivity index (χ1) is 9.15. The number of aromatic nitrogens is 1. The molecule has 1 aromatic carbocycles. The summed E-state index contributed by atoms with van der Waals surface area (Å²) >= 11 is 0. The van der Waals surface area contributed by atoms with E-state index in [9.17, 15) is 0 Å². The molecule has 0 unspecified atom stereocenters. The number of nitrogens with zero attached hydrogens (tertiary/aromatic N) is 2. The van der Waals surface area contributed by atoms with E-state index in [0.717, 1.165) is 6.54 Å². The second-order valence-electron chi connectivity index (χ2n) is 6.16. The van der Waals surface area contributed by atoms with Crippen molar-refractivity contribution in [1.29, 1.82) is 0 Å². The van der Waals surface area contributed by atoms with Gasteiger partial charge in [0.15, 0.2) is 0 Å². The summed E-state index contributed by atoms with van der Waals surface area (Å²) in [5.41, 5.74) is 4.24. The number of aryl methyl sites for hydroxylation is 1. The molecule has 2 heteroatoms. The molecule has 1 aliphatic heterocycles. The summed E-state index contributed by atoms with van der Waals surface area (Å²) in [6, 6.07) is 7.37. The average molecular weight is 256 g/mol. The maximum atomic E-state index is 2.59. The molecule has 0 N–H and O–H groups in total. The molecule has 0 spiro atoms. The number of benzene rings is 1. The number of hydrogen-bond acceptors (Lipinski definition) is 1. The highest BCUT2D eigenvalue weighted by Gasteiger charge is 2.16. The van der Waals surface area contributed by atoms with Crippen molar-refractivity contribution in [1.82, 2.24) is 9.47 Å². The van der Waals surface area contributed by atoms with E-state index in [-0.39, 0.29) is 0 Å². The van der Waals surface area contributed by atoms with Gasteiger partial charge in [0.25, 0.3) is 0 Å². The predicted molar refractivity (Wildman–Crippen MR) is 81.6 cm³/mol. The van der Waals surface area contributed by atoms with Crippen molar-refractivity contribution in [2.24, 2.45) is 0 Å². The summed E-state index contributed by atoms with van der Waals surface area (Å²) < 4.78 is 2.42. The molecule has 0 saturated carbocycles. The molecule has 102 valence electrons. The van der Waals surface area contributed by atoms with E-state index in [0.29, 0.717) is 6.04 Å². The monoisotopic (exact) mass is 256 g/mol. The number of rotatable bonds is 3. The Morgan fingerprint density at radius 3 is 2.58 bits per heavy atom. The van der Waals surface area contributed by atoms with Crippen LogP contribution in [-0.4, -0.2) is 22.6 Å². The smallest absolute Gasteiger partial charge is 0.0486 e. The van der Waals surface area contributed by atoms with E-state index < -0.39 is 0 Å². The molecule has 0 radical (unpaired) electrons. The van der Waals surface area contributed by atoms with E-state index in [2.05, 4.69) is 54.6 Å². The van der Waals surface area contributed by atoms with Crippen LogP contribution in [-0.2, 0) is 6.54 Å². The van der Waals surface area contributed by atoms with Crippen molar-refractivity contribution in [3.63, 3.8) is 0 Å². The lowest BCUT2D eigenvalue weighted by Gasteiger charge is -2.13. The van der Waals surface area contributed by atoms with Crippen molar-refractivity contribution in [2.75, 3.05) is 13.1 Å². The first kappa shape index (κ1) is 12.7. The standard InChI is InChI=1S/C17H24N2/c1-13(2)19-12-15(11-18-8-4-5-9-18)16-10-14(3)6-7-17(16)19/h6-7,10,12-13H,4-5,8-9,11H2,1-3H3. The van der Waals surface area contributed by atoms with Crippen LogP contribution < -0.4 is 0 Å². The lowest BCUT2D eigenvalue weighted by Crippen LogP contribution is -2.18. The first-order valence-electron chi connectivity index (χ1n) is 7.47. The highest BCUT2D eigenvalue weighted by Crippen LogP contribution is 2.27. The lowest BCUT2D eigenvalue weighted by molar-refractivity contribution is 0.332. The highest BCUT2D eigenvalue weighted by molar-refractivity contribution is 5.84. The van der Waals surface area contributed by atoms with Gasteiger partial charge in [-0.25, -0.2) is 0 Å². The summed E-state index contributed by atoms with van der Waals surface area (Å²) in [4.78, 5) is 2.59. The zero-order chi connectivity index (χ0) is 13.4. The molecule has 0 bridgehead atoms. The minimum absolute atomic E-state index is 0.525. The molecule has 0 aliphatic carbocycles. The molecule has 1 fully saturated rings. The third-order valence-corrected chi connectivity index (χ3v) is 4.22. The molecule has 1 aliphatic rings.